The summed E-state index contributed by atoms with van der Waals surface area (Å²) in [5, 5.41) is 3.29. The van der Waals surface area contributed by atoms with Crippen LogP contribution in [-0.2, 0) is 6.18 Å². The van der Waals surface area contributed by atoms with Crippen LogP contribution in [0.15, 0.2) is 18.3 Å². The number of nitrogens with zero attached hydrogens (tertiary/aromatic N) is 2. The van der Waals surface area contributed by atoms with Crippen molar-refractivity contribution in [1.29, 1.82) is 0 Å². The van der Waals surface area contributed by atoms with E-state index in [0.717, 1.165) is 25.9 Å². The molecule has 0 unspecified atom stereocenters. The third kappa shape index (κ3) is 2.29. The van der Waals surface area contributed by atoms with Crippen molar-refractivity contribution in [2.45, 2.75) is 19.0 Å². The first-order valence-electron chi connectivity index (χ1n) is 6.48. The van der Waals surface area contributed by atoms with Crippen LogP contribution in [0.5, 0.6) is 0 Å². The first-order chi connectivity index (χ1) is 9.00. The Morgan fingerprint density at radius 1 is 1.21 bits per heavy atom. The van der Waals surface area contributed by atoms with Crippen molar-refractivity contribution in [3.8, 4) is 0 Å². The van der Waals surface area contributed by atoms with Crippen LogP contribution in [0.25, 0.3) is 0 Å². The SMILES string of the molecule is FC(F)(F)c1ncccc1N1CC2(CCNCC2)C1. The van der Waals surface area contributed by atoms with Crippen molar-refractivity contribution in [2.24, 2.45) is 5.41 Å². The summed E-state index contributed by atoms with van der Waals surface area (Å²) in [5.41, 5.74) is -0.331. The van der Waals surface area contributed by atoms with E-state index in [4.69, 9.17) is 0 Å². The van der Waals surface area contributed by atoms with E-state index in [9.17, 15) is 13.2 Å². The second-order valence-electron chi connectivity index (χ2n) is 5.47. The maximum Gasteiger partial charge on any atom is 0.435 e. The van der Waals surface area contributed by atoms with Gasteiger partial charge in [0.15, 0.2) is 5.69 Å². The molecule has 1 aromatic rings. The molecule has 2 aliphatic heterocycles. The van der Waals surface area contributed by atoms with Gasteiger partial charge in [-0.25, -0.2) is 4.98 Å². The molecule has 2 saturated heterocycles. The predicted octanol–water partition coefficient (Wildman–Crippen LogP) is 2.29. The van der Waals surface area contributed by atoms with E-state index in [1.165, 1.54) is 12.3 Å². The van der Waals surface area contributed by atoms with Gasteiger partial charge in [0, 0.05) is 24.7 Å². The first-order valence-corrected chi connectivity index (χ1v) is 6.48. The van der Waals surface area contributed by atoms with Gasteiger partial charge in [-0.15, -0.1) is 0 Å². The number of hydrogen-bond acceptors (Lipinski definition) is 3. The second kappa shape index (κ2) is 4.37. The Hall–Kier alpha value is -1.30. The van der Waals surface area contributed by atoms with Crippen molar-refractivity contribution in [1.82, 2.24) is 10.3 Å². The summed E-state index contributed by atoms with van der Waals surface area (Å²) in [6.45, 7) is 3.35. The van der Waals surface area contributed by atoms with Crippen molar-refractivity contribution in [2.75, 3.05) is 31.1 Å². The molecule has 3 heterocycles. The van der Waals surface area contributed by atoms with E-state index < -0.39 is 11.9 Å². The molecule has 1 N–H and O–H groups in total. The fourth-order valence-corrected chi connectivity index (χ4v) is 3.08. The van der Waals surface area contributed by atoms with Crippen LogP contribution in [0.2, 0.25) is 0 Å². The molecule has 6 heteroatoms. The Balaban J connectivity index is 1.78. The molecule has 0 radical (unpaired) electrons. The van der Waals surface area contributed by atoms with Gasteiger partial charge in [0.1, 0.15) is 0 Å². The van der Waals surface area contributed by atoms with Gasteiger partial charge in [0.05, 0.1) is 5.69 Å². The molecular formula is C13H16F3N3. The van der Waals surface area contributed by atoms with Crippen LogP contribution < -0.4 is 10.2 Å². The van der Waals surface area contributed by atoms with E-state index in [-0.39, 0.29) is 11.1 Å². The van der Waals surface area contributed by atoms with Crippen LogP contribution in [0.1, 0.15) is 18.5 Å². The number of alkyl halides is 3. The average Bonchev–Trinajstić information content (AvgIpc) is 2.36. The summed E-state index contributed by atoms with van der Waals surface area (Å²) >= 11 is 0. The van der Waals surface area contributed by atoms with Crippen LogP contribution in [0.4, 0.5) is 18.9 Å². The maximum atomic E-state index is 12.9. The number of pyridine rings is 1. The Labute approximate surface area is 109 Å². The number of aromatic nitrogens is 1. The summed E-state index contributed by atoms with van der Waals surface area (Å²) in [7, 11) is 0. The molecule has 3 nitrogen and oxygen atoms in total. The standard InChI is InChI=1S/C13H16F3N3/c14-13(15,16)11-10(2-1-5-18-11)19-8-12(9-19)3-6-17-7-4-12/h1-2,5,17H,3-4,6-9H2. The molecule has 3 rings (SSSR count). The smallest absolute Gasteiger partial charge is 0.369 e. The minimum atomic E-state index is -4.38. The lowest BCUT2D eigenvalue weighted by Crippen LogP contribution is -2.60. The van der Waals surface area contributed by atoms with Crippen molar-refractivity contribution < 1.29 is 13.2 Å². The average molecular weight is 271 g/mol. The van der Waals surface area contributed by atoms with E-state index in [1.54, 1.807) is 11.0 Å². The summed E-state index contributed by atoms with van der Waals surface area (Å²) in [4.78, 5) is 5.31. The Morgan fingerprint density at radius 3 is 2.53 bits per heavy atom. The Morgan fingerprint density at radius 2 is 1.89 bits per heavy atom. The summed E-state index contributed by atoms with van der Waals surface area (Å²) in [6, 6.07) is 3.09. The van der Waals surface area contributed by atoms with Gasteiger partial charge in [-0.1, -0.05) is 0 Å². The number of halogens is 3. The van der Waals surface area contributed by atoms with Crippen molar-refractivity contribution in [3.05, 3.63) is 24.0 Å². The summed E-state index contributed by atoms with van der Waals surface area (Å²) < 4.78 is 38.7. The molecule has 0 amide bonds. The highest BCUT2D eigenvalue weighted by Crippen LogP contribution is 2.44. The summed E-state index contributed by atoms with van der Waals surface area (Å²) in [5.74, 6) is 0. The first kappa shape index (κ1) is 12.7. The minimum absolute atomic E-state index is 0.212. The second-order valence-corrected chi connectivity index (χ2v) is 5.47. The van der Waals surface area contributed by atoms with E-state index >= 15 is 0 Å². The predicted molar refractivity (Wildman–Crippen MR) is 66.0 cm³/mol. The fourth-order valence-electron chi connectivity index (χ4n) is 3.08. The van der Waals surface area contributed by atoms with Gasteiger partial charge >= 0.3 is 6.18 Å². The molecule has 19 heavy (non-hydrogen) atoms. The van der Waals surface area contributed by atoms with Gasteiger partial charge < -0.3 is 10.2 Å². The van der Waals surface area contributed by atoms with Gasteiger partial charge in [-0.3, -0.25) is 0 Å². The molecule has 1 aromatic heterocycles. The molecular weight excluding hydrogens is 255 g/mol. The van der Waals surface area contributed by atoms with Crippen LogP contribution in [-0.4, -0.2) is 31.2 Å². The van der Waals surface area contributed by atoms with E-state index in [2.05, 4.69) is 10.3 Å². The molecule has 0 aromatic carbocycles. The summed E-state index contributed by atoms with van der Waals surface area (Å²) in [6.07, 6.45) is -1.09. The van der Waals surface area contributed by atoms with Gasteiger partial charge in [0.2, 0.25) is 0 Å². The largest absolute Gasteiger partial charge is 0.435 e. The number of nitrogens with one attached hydrogen (secondary N) is 1. The fraction of sp³-hybridized carbons (Fsp3) is 0.615. The van der Waals surface area contributed by atoms with Gasteiger partial charge in [-0.2, -0.15) is 13.2 Å². The quantitative estimate of drug-likeness (QED) is 0.849. The number of hydrogen-bond donors (Lipinski definition) is 1. The van der Waals surface area contributed by atoms with Gasteiger partial charge in [0.25, 0.3) is 0 Å². The lowest BCUT2D eigenvalue weighted by Gasteiger charge is -2.53. The van der Waals surface area contributed by atoms with Crippen molar-refractivity contribution in [3.63, 3.8) is 0 Å². The highest BCUT2D eigenvalue weighted by Gasteiger charge is 2.46. The molecule has 2 fully saturated rings. The Kier molecular flexibility index (Phi) is 2.92. The van der Waals surface area contributed by atoms with Crippen molar-refractivity contribution >= 4 is 5.69 Å². The molecule has 0 atom stereocenters. The Bertz CT molecular complexity index is 458. The zero-order valence-corrected chi connectivity index (χ0v) is 10.5. The number of rotatable bonds is 1. The highest BCUT2D eigenvalue weighted by molar-refractivity contribution is 5.54. The molecule has 0 aliphatic carbocycles. The van der Waals surface area contributed by atoms with Gasteiger partial charge in [-0.05, 0) is 38.1 Å². The third-order valence-corrected chi connectivity index (χ3v) is 4.11. The molecule has 2 aliphatic rings. The van der Waals surface area contributed by atoms with E-state index in [1.807, 2.05) is 0 Å². The monoisotopic (exact) mass is 271 g/mol. The molecule has 0 bridgehead atoms. The maximum absolute atomic E-state index is 12.9. The van der Waals surface area contributed by atoms with Crippen LogP contribution in [0, 0.1) is 5.41 Å². The lowest BCUT2D eigenvalue weighted by atomic mass is 9.72. The third-order valence-electron chi connectivity index (χ3n) is 4.11. The lowest BCUT2D eigenvalue weighted by molar-refractivity contribution is -0.140. The molecule has 1 spiro atoms. The molecule has 0 saturated carbocycles. The zero-order valence-electron chi connectivity index (χ0n) is 10.5. The number of piperidine rings is 1. The van der Waals surface area contributed by atoms with Crippen LogP contribution in [0.3, 0.4) is 0 Å². The molecule has 104 valence electrons. The topological polar surface area (TPSA) is 28.2 Å². The van der Waals surface area contributed by atoms with Crippen LogP contribution >= 0.6 is 0 Å². The zero-order chi connectivity index (χ0) is 13.5. The minimum Gasteiger partial charge on any atom is -0.369 e. The normalized spacial score (nSPS) is 22.4. The number of anilines is 1. The highest BCUT2D eigenvalue weighted by atomic mass is 19.4. The van der Waals surface area contributed by atoms with E-state index in [0.29, 0.717) is 13.1 Å².